The van der Waals surface area contributed by atoms with Crippen molar-refractivity contribution in [3.05, 3.63) is 71.0 Å². The molecule has 3 rings (SSSR count). The summed E-state index contributed by atoms with van der Waals surface area (Å²) in [6.45, 7) is 0.478. The number of rotatable bonds is 3. The largest absolute Gasteiger partial charge is 0.487 e. The van der Waals surface area contributed by atoms with Gasteiger partial charge in [-0.1, -0.05) is 30.3 Å². The third-order valence-electron chi connectivity index (χ3n) is 2.90. The molecular formula is C16H12BrNO. The minimum absolute atomic E-state index is 0.478. The molecule has 0 N–H and O–H groups in total. The Morgan fingerprint density at radius 3 is 2.58 bits per heavy atom. The van der Waals surface area contributed by atoms with E-state index in [9.17, 15) is 0 Å². The normalized spacial score (nSPS) is 10.6. The number of benzene rings is 2. The number of aromatic nitrogens is 1. The predicted molar refractivity (Wildman–Crippen MR) is 80.2 cm³/mol. The van der Waals surface area contributed by atoms with Gasteiger partial charge in [0.05, 0.1) is 5.69 Å². The average Bonchev–Trinajstić information content (AvgIpc) is 2.46. The maximum atomic E-state index is 5.76. The average molecular weight is 314 g/mol. The number of halogens is 1. The van der Waals surface area contributed by atoms with E-state index in [1.54, 1.807) is 6.20 Å². The van der Waals surface area contributed by atoms with Crippen molar-refractivity contribution in [2.45, 2.75) is 6.61 Å². The second-order valence-corrected chi connectivity index (χ2v) is 5.18. The molecule has 0 fully saturated rings. The van der Waals surface area contributed by atoms with E-state index in [1.807, 2.05) is 36.4 Å². The molecule has 2 aromatic carbocycles. The van der Waals surface area contributed by atoms with Gasteiger partial charge in [-0.15, -0.1) is 0 Å². The fourth-order valence-electron chi connectivity index (χ4n) is 1.91. The number of pyridine rings is 1. The number of hydrogen-bond acceptors (Lipinski definition) is 2. The van der Waals surface area contributed by atoms with Crippen LogP contribution < -0.4 is 4.74 Å². The SMILES string of the molecule is Brc1ccc(COc2ccc3ccccc3c2)nc1. The number of nitrogens with zero attached hydrogens (tertiary/aromatic N) is 1. The van der Waals surface area contributed by atoms with Gasteiger partial charge in [0.15, 0.2) is 0 Å². The summed E-state index contributed by atoms with van der Waals surface area (Å²) < 4.78 is 6.74. The van der Waals surface area contributed by atoms with Crippen LogP contribution in [0.15, 0.2) is 65.3 Å². The van der Waals surface area contributed by atoms with E-state index in [0.717, 1.165) is 15.9 Å². The molecule has 0 radical (unpaired) electrons. The maximum Gasteiger partial charge on any atom is 0.130 e. The van der Waals surface area contributed by atoms with Gasteiger partial charge in [-0.05, 0) is 51.0 Å². The molecule has 0 aliphatic heterocycles. The third kappa shape index (κ3) is 2.93. The fraction of sp³-hybridized carbons (Fsp3) is 0.0625. The Morgan fingerprint density at radius 2 is 1.79 bits per heavy atom. The van der Waals surface area contributed by atoms with Crippen LogP contribution in [0, 0.1) is 0 Å². The Balaban J connectivity index is 1.76. The van der Waals surface area contributed by atoms with Crippen LogP contribution in [0.3, 0.4) is 0 Å². The van der Waals surface area contributed by atoms with Crippen LogP contribution in [-0.2, 0) is 6.61 Å². The number of ether oxygens (including phenoxy) is 1. The molecule has 0 bridgehead atoms. The van der Waals surface area contributed by atoms with Crippen LogP contribution in [0.1, 0.15) is 5.69 Å². The Morgan fingerprint density at radius 1 is 0.947 bits per heavy atom. The lowest BCUT2D eigenvalue weighted by atomic mass is 10.1. The van der Waals surface area contributed by atoms with E-state index in [-0.39, 0.29) is 0 Å². The quantitative estimate of drug-likeness (QED) is 0.706. The standard InChI is InChI=1S/C16H12BrNO/c17-14-6-7-15(18-10-14)11-19-16-8-5-12-3-1-2-4-13(12)9-16/h1-10H,11H2. The van der Waals surface area contributed by atoms with Gasteiger partial charge in [-0.2, -0.15) is 0 Å². The van der Waals surface area contributed by atoms with Crippen molar-refractivity contribution in [1.82, 2.24) is 4.98 Å². The summed E-state index contributed by atoms with van der Waals surface area (Å²) in [5.74, 6) is 0.864. The molecule has 0 saturated carbocycles. The zero-order chi connectivity index (χ0) is 13.1. The zero-order valence-corrected chi connectivity index (χ0v) is 11.8. The maximum absolute atomic E-state index is 5.76. The van der Waals surface area contributed by atoms with Gasteiger partial charge >= 0.3 is 0 Å². The lowest BCUT2D eigenvalue weighted by Crippen LogP contribution is -1.97. The van der Waals surface area contributed by atoms with Gasteiger partial charge in [0.2, 0.25) is 0 Å². The Kier molecular flexibility index (Phi) is 3.47. The zero-order valence-electron chi connectivity index (χ0n) is 10.2. The first-order chi connectivity index (χ1) is 9.31. The molecule has 3 heteroatoms. The van der Waals surface area contributed by atoms with Crippen LogP contribution in [0.25, 0.3) is 10.8 Å². The highest BCUT2D eigenvalue weighted by Gasteiger charge is 1.99. The van der Waals surface area contributed by atoms with Crippen molar-refractivity contribution in [2.24, 2.45) is 0 Å². The Bertz CT molecular complexity index is 694. The van der Waals surface area contributed by atoms with E-state index in [4.69, 9.17) is 4.74 Å². The molecule has 0 amide bonds. The van der Waals surface area contributed by atoms with Crippen LogP contribution >= 0.6 is 15.9 Å². The summed E-state index contributed by atoms with van der Waals surface area (Å²) in [5, 5.41) is 2.40. The predicted octanol–water partition coefficient (Wildman–Crippen LogP) is 4.58. The minimum atomic E-state index is 0.478. The highest BCUT2D eigenvalue weighted by Crippen LogP contribution is 2.21. The van der Waals surface area contributed by atoms with Crippen LogP contribution in [0.5, 0.6) is 5.75 Å². The van der Waals surface area contributed by atoms with Crippen LogP contribution in [0.2, 0.25) is 0 Å². The summed E-state index contributed by atoms with van der Waals surface area (Å²) in [6, 6.07) is 18.3. The first kappa shape index (κ1) is 12.2. The topological polar surface area (TPSA) is 22.1 Å². The molecule has 1 heterocycles. The monoisotopic (exact) mass is 313 g/mol. The fourth-order valence-corrected chi connectivity index (χ4v) is 2.14. The molecular weight excluding hydrogens is 302 g/mol. The van der Waals surface area contributed by atoms with E-state index in [0.29, 0.717) is 6.61 Å². The highest BCUT2D eigenvalue weighted by atomic mass is 79.9. The van der Waals surface area contributed by atoms with Crippen LogP contribution in [-0.4, -0.2) is 4.98 Å². The van der Waals surface area contributed by atoms with Gasteiger partial charge < -0.3 is 4.74 Å². The molecule has 94 valence electrons. The Hall–Kier alpha value is -1.87. The molecule has 2 nitrogen and oxygen atoms in total. The first-order valence-electron chi connectivity index (χ1n) is 6.03. The van der Waals surface area contributed by atoms with E-state index in [2.05, 4.69) is 39.1 Å². The second kappa shape index (κ2) is 5.41. The molecule has 0 atom stereocenters. The molecule has 0 unspecified atom stereocenters. The van der Waals surface area contributed by atoms with E-state index < -0.39 is 0 Å². The van der Waals surface area contributed by atoms with Gasteiger partial charge in [-0.3, -0.25) is 4.98 Å². The summed E-state index contributed by atoms with van der Waals surface area (Å²) in [7, 11) is 0. The van der Waals surface area contributed by atoms with Gasteiger partial charge in [0, 0.05) is 10.7 Å². The van der Waals surface area contributed by atoms with E-state index >= 15 is 0 Å². The molecule has 0 saturated heterocycles. The van der Waals surface area contributed by atoms with Crippen molar-refractivity contribution in [2.75, 3.05) is 0 Å². The molecule has 0 spiro atoms. The molecule has 0 aliphatic rings. The van der Waals surface area contributed by atoms with Gasteiger partial charge in [0.25, 0.3) is 0 Å². The van der Waals surface area contributed by atoms with E-state index in [1.165, 1.54) is 10.8 Å². The third-order valence-corrected chi connectivity index (χ3v) is 3.37. The minimum Gasteiger partial charge on any atom is -0.487 e. The van der Waals surface area contributed by atoms with Crippen molar-refractivity contribution < 1.29 is 4.74 Å². The highest BCUT2D eigenvalue weighted by molar-refractivity contribution is 9.10. The molecule has 3 aromatic rings. The van der Waals surface area contributed by atoms with Crippen molar-refractivity contribution in [1.29, 1.82) is 0 Å². The first-order valence-corrected chi connectivity index (χ1v) is 6.82. The summed E-state index contributed by atoms with van der Waals surface area (Å²) >= 11 is 3.37. The lowest BCUT2D eigenvalue weighted by Gasteiger charge is -2.07. The van der Waals surface area contributed by atoms with Gasteiger partial charge in [0.1, 0.15) is 12.4 Å². The molecule has 1 aromatic heterocycles. The number of fused-ring (bicyclic) bond motifs is 1. The van der Waals surface area contributed by atoms with Crippen molar-refractivity contribution >= 4 is 26.7 Å². The lowest BCUT2D eigenvalue weighted by molar-refractivity contribution is 0.301. The summed E-state index contributed by atoms with van der Waals surface area (Å²) in [6.07, 6.45) is 1.78. The van der Waals surface area contributed by atoms with Gasteiger partial charge in [-0.25, -0.2) is 0 Å². The summed E-state index contributed by atoms with van der Waals surface area (Å²) in [5.41, 5.74) is 0.913. The summed E-state index contributed by atoms with van der Waals surface area (Å²) in [4.78, 5) is 4.28. The second-order valence-electron chi connectivity index (χ2n) is 4.27. The Labute approximate surface area is 120 Å². The molecule has 19 heavy (non-hydrogen) atoms. The van der Waals surface area contributed by atoms with Crippen molar-refractivity contribution in [3.8, 4) is 5.75 Å². The molecule has 0 aliphatic carbocycles. The number of hydrogen-bond donors (Lipinski definition) is 0. The van der Waals surface area contributed by atoms with Crippen LogP contribution in [0.4, 0.5) is 0 Å². The smallest absolute Gasteiger partial charge is 0.130 e. The van der Waals surface area contributed by atoms with Crippen molar-refractivity contribution in [3.63, 3.8) is 0 Å².